The van der Waals surface area contributed by atoms with Gasteiger partial charge in [0.25, 0.3) is 0 Å². The SMILES string of the molecule is COCCOc1cccc(Oc2ccc(C#N)cc2)c1. The lowest BCUT2D eigenvalue weighted by molar-refractivity contribution is 0.146. The zero-order valence-electron chi connectivity index (χ0n) is 11.2. The molecule has 0 spiro atoms. The predicted molar refractivity (Wildman–Crippen MR) is 75.0 cm³/mol. The van der Waals surface area contributed by atoms with Gasteiger partial charge in [0.2, 0.25) is 0 Å². The highest BCUT2D eigenvalue weighted by atomic mass is 16.5. The Kier molecular flexibility index (Phi) is 4.99. The molecule has 0 aromatic heterocycles. The summed E-state index contributed by atoms with van der Waals surface area (Å²) >= 11 is 0. The van der Waals surface area contributed by atoms with Gasteiger partial charge in [-0.05, 0) is 36.4 Å². The van der Waals surface area contributed by atoms with Crippen LogP contribution in [0.25, 0.3) is 0 Å². The van der Waals surface area contributed by atoms with Gasteiger partial charge >= 0.3 is 0 Å². The number of nitrogens with zero attached hydrogens (tertiary/aromatic N) is 1. The van der Waals surface area contributed by atoms with Gasteiger partial charge in [-0.25, -0.2) is 0 Å². The Balaban J connectivity index is 2.01. The quantitative estimate of drug-likeness (QED) is 0.754. The van der Waals surface area contributed by atoms with E-state index in [-0.39, 0.29) is 0 Å². The Morgan fingerprint density at radius 3 is 2.40 bits per heavy atom. The number of rotatable bonds is 6. The Bertz CT molecular complexity index is 587. The molecule has 0 fully saturated rings. The maximum atomic E-state index is 8.74. The average Bonchev–Trinajstić information content (AvgIpc) is 2.49. The topological polar surface area (TPSA) is 51.5 Å². The van der Waals surface area contributed by atoms with E-state index in [1.54, 1.807) is 31.4 Å². The number of hydrogen-bond acceptors (Lipinski definition) is 4. The molecule has 0 atom stereocenters. The van der Waals surface area contributed by atoms with E-state index in [1.807, 2.05) is 24.3 Å². The minimum Gasteiger partial charge on any atom is -0.491 e. The highest BCUT2D eigenvalue weighted by molar-refractivity contribution is 5.39. The summed E-state index contributed by atoms with van der Waals surface area (Å²) in [5.41, 5.74) is 0.606. The van der Waals surface area contributed by atoms with E-state index in [2.05, 4.69) is 6.07 Å². The fourth-order valence-corrected chi connectivity index (χ4v) is 1.60. The molecule has 2 rings (SSSR count). The summed E-state index contributed by atoms with van der Waals surface area (Å²) in [6, 6.07) is 16.4. The van der Waals surface area contributed by atoms with E-state index in [0.717, 1.165) is 5.75 Å². The standard InChI is InChI=1S/C16H15NO3/c1-18-9-10-19-15-3-2-4-16(11-15)20-14-7-5-13(12-17)6-8-14/h2-8,11H,9-10H2,1H3. The van der Waals surface area contributed by atoms with Crippen LogP contribution in [0.5, 0.6) is 17.2 Å². The largest absolute Gasteiger partial charge is 0.491 e. The van der Waals surface area contributed by atoms with Crippen LogP contribution in [0.15, 0.2) is 48.5 Å². The smallest absolute Gasteiger partial charge is 0.131 e. The number of hydrogen-bond donors (Lipinski definition) is 0. The second-order valence-corrected chi connectivity index (χ2v) is 4.05. The van der Waals surface area contributed by atoms with Crippen molar-refractivity contribution >= 4 is 0 Å². The first-order valence-electron chi connectivity index (χ1n) is 6.21. The molecule has 2 aromatic carbocycles. The molecule has 0 heterocycles. The van der Waals surface area contributed by atoms with Crippen LogP contribution in [0.4, 0.5) is 0 Å². The summed E-state index contributed by atoms with van der Waals surface area (Å²) in [5.74, 6) is 2.09. The molecule has 0 aliphatic carbocycles. The van der Waals surface area contributed by atoms with Crippen LogP contribution in [-0.4, -0.2) is 20.3 Å². The van der Waals surface area contributed by atoms with E-state index < -0.39 is 0 Å². The van der Waals surface area contributed by atoms with Gasteiger partial charge in [-0.2, -0.15) is 5.26 Å². The van der Waals surface area contributed by atoms with Crippen molar-refractivity contribution in [1.29, 1.82) is 5.26 Å². The first kappa shape index (κ1) is 13.9. The first-order valence-corrected chi connectivity index (χ1v) is 6.21. The molecule has 0 saturated carbocycles. The number of nitriles is 1. The third-order valence-corrected chi connectivity index (χ3v) is 2.58. The van der Waals surface area contributed by atoms with Crippen LogP contribution in [0, 0.1) is 11.3 Å². The minimum atomic E-state index is 0.497. The highest BCUT2D eigenvalue weighted by Crippen LogP contribution is 2.25. The van der Waals surface area contributed by atoms with Crippen molar-refractivity contribution in [3.05, 3.63) is 54.1 Å². The van der Waals surface area contributed by atoms with Crippen LogP contribution in [-0.2, 0) is 4.74 Å². The van der Waals surface area contributed by atoms with Crippen molar-refractivity contribution in [1.82, 2.24) is 0 Å². The Labute approximate surface area is 118 Å². The zero-order chi connectivity index (χ0) is 14.2. The summed E-state index contributed by atoms with van der Waals surface area (Å²) < 4.78 is 16.1. The Hall–Kier alpha value is -2.51. The van der Waals surface area contributed by atoms with Gasteiger partial charge in [0.1, 0.15) is 23.9 Å². The van der Waals surface area contributed by atoms with E-state index >= 15 is 0 Å². The molecule has 0 aliphatic heterocycles. The fraction of sp³-hybridized carbons (Fsp3) is 0.188. The lowest BCUT2D eigenvalue weighted by Gasteiger charge is -2.09. The lowest BCUT2D eigenvalue weighted by Crippen LogP contribution is -2.04. The third-order valence-electron chi connectivity index (χ3n) is 2.58. The molecule has 0 unspecified atom stereocenters. The Morgan fingerprint density at radius 1 is 0.950 bits per heavy atom. The normalized spacial score (nSPS) is 9.80. The fourth-order valence-electron chi connectivity index (χ4n) is 1.60. The van der Waals surface area contributed by atoms with Gasteiger partial charge in [-0.15, -0.1) is 0 Å². The van der Waals surface area contributed by atoms with Gasteiger partial charge in [0.05, 0.1) is 18.2 Å². The van der Waals surface area contributed by atoms with E-state index in [9.17, 15) is 0 Å². The molecule has 0 amide bonds. The lowest BCUT2D eigenvalue weighted by atomic mass is 10.2. The number of benzene rings is 2. The molecule has 0 aliphatic rings. The second-order valence-electron chi connectivity index (χ2n) is 4.05. The van der Waals surface area contributed by atoms with Gasteiger partial charge in [-0.1, -0.05) is 6.07 Å². The zero-order valence-corrected chi connectivity index (χ0v) is 11.2. The van der Waals surface area contributed by atoms with Crippen molar-refractivity contribution in [2.24, 2.45) is 0 Å². The minimum absolute atomic E-state index is 0.497. The molecule has 0 bridgehead atoms. The van der Waals surface area contributed by atoms with Crippen LogP contribution < -0.4 is 9.47 Å². The molecule has 4 nitrogen and oxygen atoms in total. The van der Waals surface area contributed by atoms with Crippen molar-refractivity contribution < 1.29 is 14.2 Å². The molecule has 2 aromatic rings. The number of ether oxygens (including phenoxy) is 3. The van der Waals surface area contributed by atoms with Crippen LogP contribution in [0.2, 0.25) is 0 Å². The van der Waals surface area contributed by atoms with Crippen molar-refractivity contribution in [3.63, 3.8) is 0 Å². The average molecular weight is 269 g/mol. The maximum absolute atomic E-state index is 8.74. The van der Waals surface area contributed by atoms with Crippen LogP contribution >= 0.6 is 0 Å². The molecular weight excluding hydrogens is 254 g/mol. The van der Waals surface area contributed by atoms with Crippen molar-refractivity contribution in [3.8, 4) is 23.3 Å². The maximum Gasteiger partial charge on any atom is 0.131 e. The summed E-state index contributed by atoms with van der Waals surface area (Å²) in [4.78, 5) is 0. The van der Waals surface area contributed by atoms with Gasteiger partial charge in [0.15, 0.2) is 0 Å². The van der Waals surface area contributed by atoms with Crippen molar-refractivity contribution in [2.75, 3.05) is 20.3 Å². The first-order chi connectivity index (χ1) is 9.81. The number of methoxy groups -OCH3 is 1. The summed E-state index contributed by atoms with van der Waals surface area (Å²) in [7, 11) is 1.63. The molecular formula is C16H15NO3. The highest BCUT2D eigenvalue weighted by Gasteiger charge is 2.00. The Morgan fingerprint density at radius 2 is 1.70 bits per heavy atom. The predicted octanol–water partition coefficient (Wildman–Crippen LogP) is 3.38. The van der Waals surface area contributed by atoms with Crippen LogP contribution in [0.1, 0.15) is 5.56 Å². The van der Waals surface area contributed by atoms with Crippen LogP contribution in [0.3, 0.4) is 0 Å². The molecule has 0 saturated heterocycles. The summed E-state index contributed by atoms with van der Waals surface area (Å²) in [6.45, 7) is 1.04. The molecule has 0 radical (unpaired) electrons. The van der Waals surface area contributed by atoms with Crippen molar-refractivity contribution in [2.45, 2.75) is 0 Å². The summed E-state index contributed by atoms with van der Waals surface area (Å²) in [6.07, 6.45) is 0. The van der Waals surface area contributed by atoms with Gasteiger partial charge < -0.3 is 14.2 Å². The van der Waals surface area contributed by atoms with E-state index in [1.165, 1.54) is 0 Å². The third kappa shape index (κ3) is 4.01. The molecule has 102 valence electrons. The molecule has 4 heteroatoms. The second kappa shape index (κ2) is 7.17. The van der Waals surface area contributed by atoms with E-state index in [0.29, 0.717) is 30.3 Å². The summed E-state index contributed by atoms with van der Waals surface area (Å²) in [5, 5.41) is 8.74. The molecule has 0 N–H and O–H groups in total. The van der Waals surface area contributed by atoms with Gasteiger partial charge in [0, 0.05) is 13.2 Å². The van der Waals surface area contributed by atoms with Gasteiger partial charge in [-0.3, -0.25) is 0 Å². The van der Waals surface area contributed by atoms with E-state index in [4.69, 9.17) is 19.5 Å². The monoisotopic (exact) mass is 269 g/mol. The molecule has 20 heavy (non-hydrogen) atoms.